The summed E-state index contributed by atoms with van der Waals surface area (Å²) in [5.41, 5.74) is 0.974. The Morgan fingerprint density at radius 2 is 1.53 bits per heavy atom. The second-order valence-electron chi connectivity index (χ2n) is 3.01. The highest BCUT2D eigenvalue weighted by Crippen LogP contribution is 2.29. The van der Waals surface area contributed by atoms with Gasteiger partial charge in [-0.1, -0.05) is 30.3 Å². The smallest absolute Gasteiger partial charge is 0.151 e. The monoisotopic (exact) mass is 311 g/mol. The quantitative estimate of drug-likeness (QED) is 0.676. The summed E-state index contributed by atoms with van der Waals surface area (Å²) in [5, 5.41) is 0. The van der Waals surface area contributed by atoms with Gasteiger partial charge < -0.3 is 8.27 Å². The molecule has 0 fully saturated rings. The number of anilines is 1. The zero-order valence-electron chi connectivity index (χ0n) is 7.98. The number of halogens is 1. The highest BCUT2D eigenvalue weighted by Gasteiger charge is 2.01. The first-order valence-electron chi connectivity index (χ1n) is 4.59. The maximum atomic E-state index is 5.73. The molecule has 3 heteroatoms. The van der Waals surface area contributed by atoms with Crippen LogP contribution in [-0.2, 0) is 0 Å². The summed E-state index contributed by atoms with van der Waals surface area (Å²) in [6.07, 6.45) is 0. The first-order valence-corrected chi connectivity index (χ1v) is 5.66. The highest BCUT2D eigenvalue weighted by atomic mass is 127. The van der Waals surface area contributed by atoms with E-state index in [9.17, 15) is 0 Å². The van der Waals surface area contributed by atoms with E-state index in [1.165, 1.54) is 0 Å². The van der Waals surface area contributed by atoms with Crippen LogP contribution in [-0.4, -0.2) is 0 Å². The first-order chi connectivity index (χ1) is 7.40. The van der Waals surface area contributed by atoms with E-state index in [1.807, 2.05) is 54.6 Å². The zero-order chi connectivity index (χ0) is 10.5. The Morgan fingerprint density at radius 1 is 0.867 bits per heavy atom. The molecule has 15 heavy (non-hydrogen) atoms. The molecule has 0 saturated carbocycles. The van der Waals surface area contributed by atoms with Crippen LogP contribution in [0.15, 0.2) is 54.6 Å². The van der Waals surface area contributed by atoms with Gasteiger partial charge in [-0.15, -0.1) is 0 Å². The van der Waals surface area contributed by atoms with Crippen LogP contribution in [0.4, 0.5) is 5.69 Å². The summed E-state index contributed by atoms with van der Waals surface area (Å²) >= 11 is 2.09. The van der Waals surface area contributed by atoms with Crippen molar-refractivity contribution in [2.45, 2.75) is 0 Å². The van der Waals surface area contributed by atoms with Gasteiger partial charge in [-0.3, -0.25) is 0 Å². The normalized spacial score (nSPS) is 9.67. The SMILES string of the molecule is INc1ccccc1Oc1ccccc1. The second kappa shape index (κ2) is 5.02. The lowest BCUT2D eigenvalue weighted by Crippen LogP contribution is -1.88. The van der Waals surface area contributed by atoms with E-state index in [0.717, 1.165) is 17.2 Å². The third kappa shape index (κ3) is 2.62. The number of para-hydroxylation sites is 3. The van der Waals surface area contributed by atoms with Crippen molar-refractivity contribution in [3.63, 3.8) is 0 Å². The Kier molecular flexibility index (Phi) is 3.45. The standard InChI is InChI=1S/C12H10INO/c13-14-11-8-4-5-9-12(11)15-10-6-2-1-3-7-10/h1-9,14H. The molecular formula is C12H10INO. The third-order valence-corrected chi connectivity index (χ3v) is 2.54. The predicted molar refractivity (Wildman–Crippen MR) is 70.6 cm³/mol. The van der Waals surface area contributed by atoms with Gasteiger partial charge in [-0.2, -0.15) is 0 Å². The molecular weight excluding hydrogens is 301 g/mol. The van der Waals surface area contributed by atoms with E-state index >= 15 is 0 Å². The van der Waals surface area contributed by atoms with Crippen molar-refractivity contribution in [3.8, 4) is 11.5 Å². The lowest BCUT2D eigenvalue weighted by molar-refractivity contribution is 0.485. The lowest BCUT2D eigenvalue weighted by atomic mass is 10.3. The van der Waals surface area contributed by atoms with Crippen LogP contribution in [0, 0.1) is 0 Å². The molecule has 0 bridgehead atoms. The van der Waals surface area contributed by atoms with Crippen molar-refractivity contribution >= 4 is 28.6 Å². The Morgan fingerprint density at radius 3 is 2.27 bits per heavy atom. The van der Waals surface area contributed by atoms with Crippen molar-refractivity contribution in [2.24, 2.45) is 0 Å². The molecule has 0 atom stereocenters. The van der Waals surface area contributed by atoms with E-state index in [2.05, 4.69) is 26.4 Å². The van der Waals surface area contributed by atoms with E-state index in [4.69, 9.17) is 4.74 Å². The summed E-state index contributed by atoms with van der Waals surface area (Å²) in [4.78, 5) is 0. The first kappa shape index (κ1) is 10.3. The number of rotatable bonds is 3. The molecule has 0 radical (unpaired) electrons. The highest BCUT2D eigenvalue weighted by molar-refractivity contribution is 14.1. The Labute approximate surface area is 103 Å². The Hall–Kier alpha value is -1.23. The van der Waals surface area contributed by atoms with Crippen molar-refractivity contribution in [3.05, 3.63) is 54.6 Å². The van der Waals surface area contributed by atoms with E-state index in [1.54, 1.807) is 0 Å². The largest absolute Gasteiger partial charge is 0.455 e. The third-order valence-electron chi connectivity index (χ3n) is 1.96. The van der Waals surface area contributed by atoms with Crippen molar-refractivity contribution < 1.29 is 4.74 Å². The van der Waals surface area contributed by atoms with Crippen LogP contribution in [0.5, 0.6) is 11.5 Å². The molecule has 0 aliphatic heterocycles. The molecule has 0 unspecified atom stereocenters. The average Bonchev–Trinajstić information content (AvgIpc) is 2.31. The molecule has 2 nitrogen and oxygen atoms in total. The van der Waals surface area contributed by atoms with Gasteiger partial charge in [0.15, 0.2) is 5.75 Å². The topological polar surface area (TPSA) is 21.3 Å². The molecule has 0 saturated heterocycles. The van der Waals surface area contributed by atoms with Crippen LogP contribution in [0.25, 0.3) is 0 Å². The zero-order valence-corrected chi connectivity index (χ0v) is 10.1. The molecule has 2 aromatic carbocycles. The molecule has 2 aromatic rings. The van der Waals surface area contributed by atoms with Gasteiger partial charge in [0.25, 0.3) is 0 Å². The maximum absolute atomic E-state index is 5.73. The second-order valence-corrected chi connectivity index (χ2v) is 3.55. The van der Waals surface area contributed by atoms with Gasteiger partial charge in [0.2, 0.25) is 0 Å². The number of ether oxygens (including phenoxy) is 1. The minimum Gasteiger partial charge on any atom is -0.455 e. The summed E-state index contributed by atoms with van der Waals surface area (Å²) in [6, 6.07) is 17.6. The predicted octanol–water partition coefficient (Wildman–Crippen LogP) is 4.24. The van der Waals surface area contributed by atoms with Crippen molar-refractivity contribution in [1.82, 2.24) is 0 Å². The van der Waals surface area contributed by atoms with Gasteiger partial charge in [-0.25, -0.2) is 0 Å². The summed E-state index contributed by atoms with van der Waals surface area (Å²) in [7, 11) is 0. The van der Waals surface area contributed by atoms with E-state index in [0.29, 0.717) is 0 Å². The molecule has 2 rings (SSSR count). The fraction of sp³-hybridized carbons (Fsp3) is 0. The summed E-state index contributed by atoms with van der Waals surface area (Å²) in [6.45, 7) is 0. The van der Waals surface area contributed by atoms with Gasteiger partial charge in [0, 0.05) is 0 Å². The summed E-state index contributed by atoms with van der Waals surface area (Å²) < 4.78 is 8.79. The Bertz CT molecular complexity index is 431. The molecule has 0 amide bonds. The van der Waals surface area contributed by atoms with Crippen LogP contribution < -0.4 is 8.27 Å². The fourth-order valence-electron chi connectivity index (χ4n) is 1.25. The number of nitrogens with one attached hydrogen (secondary N) is 1. The molecule has 0 heterocycles. The van der Waals surface area contributed by atoms with E-state index < -0.39 is 0 Å². The number of benzene rings is 2. The van der Waals surface area contributed by atoms with Gasteiger partial charge in [0.1, 0.15) is 5.75 Å². The number of hydrogen-bond donors (Lipinski definition) is 1. The molecule has 76 valence electrons. The fourth-order valence-corrected chi connectivity index (χ4v) is 1.69. The van der Waals surface area contributed by atoms with Crippen LogP contribution in [0.1, 0.15) is 0 Å². The molecule has 0 aliphatic rings. The van der Waals surface area contributed by atoms with E-state index in [-0.39, 0.29) is 0 Å². The Balaban J connectivity index is 2.24. The van der Waals surface area contributed by atoms with Gasteiger partial charge in [0.05, 0.1) is 28.6 Å². The summed E-state index contributed by atoms with van der Waals surface area (Å²) in [5.74, 6) is 1.68. The minimum absolute atomic E-state index is 0.832. The minimum atomic E-state index is 0.832. The maximum Gasteiger partial charge on any atom is 0.151 e. The van der Waals surface area contributed by atoms with Gasteiger partial charge >= 0.3 is 0 Å². The van der Waals surface area contributed by atoms with Crippen molar-refractivity contribution in [1.29, 1.82) is 0 Å². The van der Waals surface area contributed by atoms with Gasteiger partial charge in [-0.05, 0) is 24.3 Å². The average molecular weight is 311 g/mol. The van der Waals surface area contributed by atoms with Crippen LogP contribution in [0.2, 0.25) is 0 Å². The number of hydrogen-bond acceptors (Lipinski definition) is 2. The molecule has 0 aromatic heterocycles. The lowest BCUT2D eigenvalue weighted by Gasteiger charge is -2.09. The molecule has 1 N–H and O–H groups in total. The molecule has 0 aliphatic carbocycles. The van der Waals surface area contributed by atoms with Crippen LogP contribution in [0.3, 0.4) is 0 Å². The van der Waals surface area contributed by atoms with Crippen molar-refractivity contribution in [2.75, 3.05) is 3.53 Å². The molecule has 0 spiro atoms. The van der Waals surface area contributed by atoms with Crippen LogP contribution >= 0.6 is 22.9 Å².